The van der Waals surface area contributed by atoms with Gasteiger partial charge in [0.1, 0.15) is 0 Å². The minimum atomic E-state index is -4.30. The fourth-order valence-corrected chi connectivity index (χ4v) is 1.50. The second-order valence-corrected chi connectivity index (χ2v) is 4.45. The molecule has 0 aliphatic carbocycles. The first-order valence-electron chi connectivity index (χ1n) is 5.85. The summed E-state index contributed by atoms with van der Waals surface area (Å²) in [7, 11) is 1.57. The molecule has 0 fully saturated rings. The fourth-order valence-electron chi connectivity index (χ4n) is 1.50. The van der Waals surface area contributed by atoms with Crippen molar-refractivity contribution in [2.24, 2.45) is 0 Å². The zero-order valence-corrected chi connectivity index (χ0v) is 10.9. The van der Waals surface area contributed by atoms with Crippen molar-refractivity contribution in [1.29, 1.82) is 0 Å². The number of halogens is 3. The number of nitrogens with one attached hydrogen (secondary N) is 1. The van der Waals surface area contributed by atoms with Crippen LogP contribution < -0.4 is 5.32 Å². The molecule has 0 bridgehead atoms. The number of hydrogen-bond acceptors (Lipinski definition) is 2. The van der Waals surface area contributed by atoms with E-state index in [1.54, 1.807) is 7.05 Å². The van der Waals surface area contributed by atoms with Gasteiger partial charge in [-0.25, -0.2) is 0 Å². The summed E-state index contributed by atoms with van der Waals surface area (Å²) in [6, 6.07) is 7.63. The van der Waals surface area contributed by atoms with Gasteiger partial charge in [-0.05, 0) is 12.5 Å². The molecule has 1 rings (SSSR count). The van der Waals surface area contributed by atoms with Gasteiger partial charge in [0, 0.05) is 13.6 Å². The van der Waals surface area contributed by atoms with Gasteiger partial charge in [0.25, 0.3) is 0 Å². The van der Waals surface area contributed by atoms with E-state index in [4.69, 9.17) is 0 Å². The summed E-state index contributed by atoms with van der Waals surface area (Å²) < 4.78 is 35.7. The average molecular weight is 274 g/mol. The maximum absolute atomic E-state index is 11.9. The van der Waals surface area contributed by atoms with Crippen molar-refractivity contribution in [2.75, 3.05) is 20.1 Å². The Bertz CT molecular complexity index is 415. The summed E-state index contributed by atoms with van der Waals surface area (Å²) >= 11 is 0. The molecule has 0 aliphatic rings. The Balaban J connectivity index is 2.38. The standard InChI is InChI=1S/C13H17F3N2O/c1-10-3-5-11(6-4-10)8-18(2)12(19)7-17-9-13(14,15)16/h3-6,17H,7-9H2,1-2H3. The van der Waals surface area contributed by atoms with Crippen LogP contribution in [-0.4, -0.2) is 37.1 Å². The lowest BCUT2D eigenvalue weighted by Gasteiger charge is -2.18. The van der Waals surface area contributed by atoms with Crippen LogP contribution in [0.25, 0.3) is 0 Å². The van der Waals surface area contributed by atoms with Gasteiger partial charge in [-0.2, -0.15) is 13.2 Å². The molecule has 0 aliphatic heterocycles. The van der Waals surface area contributed by atoms with E-state index in [9.17, 15) is 18.0 Å². The van der Waals surface area contributed by atoms with Crippen LogP contribution >= 0.6 is 0 Å². The van der Waals surface area contributed by atoms with Gasteiger partial charge in [-0.1, -0.05) is 29.8 Å². The Labute approximate surface area is 110 Å². The van der Waals surface area contributed by atoms with E-state index < -0.39 is 12.7 Å². The minimum Gasteiger partial charge on any atom is -0.340 e. The van der Waals surface area contributed by atoms with Gasteiger partial charge in [0.2, 0.25) is 5.91 Å². The zero-order valence-electron chi connectivity index (χ0n) is 10.9. The predicted molar refractivity (Wildman–Crippen MR) is 66.6 cm³/mol. The van der Waals surface area contributed by atoms with E-state index in [1.165, 1.54) is 4.90 Å². The zero-order chi connectivity index (χ0) is 14.5. The molecule has 0 saturated heterocycles. The molecule has 0 heterocycles. The van der Waals surface area contributed by atoms with Crippen molar-refractivity contribution in [2.45, 2.75) is 19.6 Å². The first-order valence-corrected chi connectivity index (χ1v) is 5.85. The minimum absolute atomic E-state index is 0.318. The van der Waals surface area contributed by atoms with Crippen molar-refractivity contribution in [3.05, 3.63) is 35.4 Å². The van der Waals surface area contributed by atoms with Crippen molar-refractivity contribution >= 4 is 5.91 Å². The third kappa shape index (κ3) is 6.24. The molecular weight excluding hydrogens is 257 g/mol. The van der Waals surface area contributed by atoms with E-state index in [-0.39, 0.29) is 12.5 Å². The molecule has 1 N–H and O–H groups in total. The quantitative estimate of drug-likeness (QED) is 0.892. The molecule has 0 saturated carbocycles. The number of carbonyl (C=O) groups excluding carboxylic acids is 1. The van der Waals surface area contributed by atoms with Crippen molar-refractivity contribution in [3.63, 3.8) is 0 Å². The fraction of sp³-hybridized carbons (Fsp3) is 0.462. The van der Waals surface area contributed by atoms with E-state index in [0.29, 0.717) is 6.54 Å². The van der Waals surface area contributed by atoms with Crippen LogP contribution in [0.3, 0.4) is 0 Å². The first kappa shape index (κ1) is 15.5. The third-order valence-corrected chi connectivity index (χ3v) is 2.57. The summed E-state index contributed by atoms with van der Waals surface area (Å²) in [4.78, 5) is 13.0. The topological polar surface area (TPSA) is 32.3 Å². The van der Waals surface area contributed by atoms with Crippen LogP contribution in [-0.2, 0) is 11.3 Å². The smallest absolute Gasteiger partial charge is 0.340 e. The highest BCUT2D eigenvalue weighted by Gasteiger charge is 2.26. The number of benzene rings is 1. The molecule has 1 aromatic carbocycles. The first-order chi connectivity index (χ1) is 8.78. The normalized spacial score (nSPS) is 11.4. The highest BCUT2D eigenvalue weighted by molar-refractivity contribution is 5.77. The third-order valence-electron chi connectivity index (χ3n) is 2.57. The molecule has 106 valence electrons. The van der Waals surface area contributed by atoms with Crippen molar-refractivity contribution in [3.8, 4) is 0 Å². The molecule has 19 heavy (non-hydrogen) atoms. The summed E-state index contributed by atoms with van der Waals surface area (Å²) in [5, 5.41) is 2.08. The van der Waals surface area contributed by atoms with E-state index in [0.717, 1.165) is 11.1 Å². The monoisotopic (exact) mass is 274 g/mol. The number of rotatable bonds is 5. The maximum Gasteiger partial charge on any atom is 0.401 e. The van der Waals surface area contributed by atoms with Gasteiger partial charge in [-0.15, -0.1) is 0 Å². The Kier molecular flexibility index (Phi) is 5.35. The highest BCUT2D eigenvalue weighted by atomic mass is 19.4. The number of alkyl halides is 3. The van der Waals surface area contributed by atoms with E-state index in [1.807, 2.05) is 31.2 Å². The molecule has 0 spiro atoms. The molecule has 3 nitrogen and oxygen atoms in total. The molecular formula is C13H17F3N2O. The summed E-state index contributed by atoms with van der Waals surface area (Å²) in [5.41, 5.74) is 2.06. The summed E-state index contributed by atoms with van der Waals surface area (Å²) in [6.07, 6.45) is -4.30. The van der Waals surface area contributed by atoms with Crippen LogP contribution in [0.15, 0.2) is 24.3 Å². The van der Waals surface area contributed by atoms with Gasteiger partial charge < -0.3 is 10.2 Å². The number of aryl methyl sites for hydroxylation is 1. The van der Waals surface area contributed by atoms with Gasteiger partial charge >= 0.3 is 6.18 Å². The van der Waals surface area contributed by atoms with Crippen molar-refractivity contribution in [1.82, 2.24) is 10.2 Å². The molecule has 0 radical (unpaired) electrons. The van der Waals surface area contributed by atoms with Gasteiger partial charge in [0.15, 0.2) is 0 Å². The molecule has 0 atom stereocenters. The Morgan fingerprint density at radius 3 is 2.37 bits per heavy atom. The van der Waals surface area contributed by atoms with Gasteiger partial charge in [-0.3, -0.25) is 4.79 Å². The summed E-state index contributed by atoms with van der Waals surface area (Å²) in [6.45, 7) is 0.867. The number of amides is 1. The molecule has 0 aromatic heterocycles. The molecule has 0 unspecified atom stereocenters. The van der Waals surface area contributed by atoms with Gasteiger partial charge in [0.05, 0.1) is 13.1 Å². The second kappa shape index (κ2) is 6.56. The number of hydrogen-bond donors (Lipinski definition) is 1. The van der Waals surface area contributed by atoms with Crippen LogP contribution in [0.2, 0.25) is 0 Å². The molecule has 6 heteroatoms. The van der Waals surface area contributed by atoms with Crippen LogP contribution in [0.1, 0.15) is 11.1 Å². The predicted octanol–water partition coefficient (Wildman–Crippen LogP) is 2.11. The lowest BCUT2D eigenvalue weighted by Crippen LogP contribution is -2.38. The lowest BCUT2D eigenvalue weighted by atomic mass is 10.1. The lowest BCUT2D eigenvalue weighted by molar-refractivity contribution is -0.133. The average Bonchev–Trinajstić information content (AvgIpc) is 2.30. The van der Waals surface area contributed by atoms with Crippen LogP contribution in [0.4, 0.5) is 13.2 Å². The Hall–Kier alpha value is -1.56. The highest BCUT2D eigenvalue weighted by Crippen LogP contribution is 2.12. The van der Waals surface area contributed by atoms with E-state index in [2.05, 4.69) is 5.32 Å². The van der Waals surface area contributed by atoms with Crippen LogP contribution in [0.5, 0.6) is 0 Å². The number of nitrogens with zero attached hydrogens (tertiary/aromatic N) is 1. The summed E-state index contributed by atoms with van der Waals surface area (Å²) in [5.74, 6) is -0.371. The maximum atomic E-state index is 11.9. The molecule has 1 amide bonds. The number of likely N-dealkylation sites (N-methyl/N-ethyl adjacent to an activating group) is 1. The Morgan fingerprint density at radius 1 is 1.26 bits per heavy atom. The van der Waals surface area contributed by atoms with Crippen molar-refractivity contribution < 1.29 is 18.0 Å². The second-order valence-electron chi connectivity index (χ2n) is 4.45. The number of carbonyl (C=O) groups is 1. The van der Waals surface area contributed by atoms with Crippen LogP contribution in [0, 0.1) is 6.92 Å². The Morgan fingerprint density at radius 2 is 1.84 bits per heavy atom. The molecule has 1 aromatic rings. The SMILES string of the molecule is Cc1ccc(CN(C)C(=O)CNCC(F)(F)F)cc1. The largest absolute Gasteiger partial charge is 0.401 e. The van der Waals surface area contributed by atoms with E-state index >= 15 is 0 Å².